The third-order valence-electron chi connectivity index (χ3n) is 1.82. The summed E-state index contributed by atoms with van der Waals surface area (Å²) in [6.45, 7) is 1.73. The topological polar surface area (TPSA) is 124 Å². The molecule has 0 radical (unpaired) electrons. The van der Waals surface area contributed by atoms with E-state index in [1.54, 1.807) is 6.92 Å². The first kappa shape index (κ1) is 11.3. The fourth-order valence-electron chi connectivity index (χ4n) is 1.12. The molecule has 0 unspecified atom stereocenters. The lowest BCUT2D eigenvalue weighted by molar-refractivity contribution is -0.388. The summed E-state index contributed by atoms with van der Waals surface area (Å²) in [6.07, 6.45) is 0. The third-order valence-corrected chi connectivity index (χ3v) is 2.68. The highest BCUT2D eigenvalue weighted by molar-refractivity contribution is 7.99. The van der Waals surface area contributed by atoms with Crippen molar-refractivity contribution in [3.8, 4) is 0 Å². The van der Waals surface area contributed by atoms with Gasteiger partial charge in [0.15, 0.2) is 5.03 Å². The van der Waals surface area contributed by atoms with E-state index >= 15 is 0 Å². The lowest BCUT2D eigenvalue weighted by Crippen LogP contribution is -1.97. The molecule has 3 N–H and O–H groups in total. The number of aryl methyl sites for hydroxylation is 1. The average molecular weight is 252 g/mol. The zero-order valence-corrected chi connectivity index (χ0v) is 9.56. The Bertz CT molecular complexity index is 569. The van der Waals surface area contributed by atoms with Crippen molar-refractivity contribution in [3.05, 3.63) is 28.1 Å². The molecular formula is C8H8N6O2S. The molecule has 8 nitrogen and oxygen atoms in total. The minimum absolute atomic E-state index is 0.119. The molecule has 17 heavy (non-hydrogen) atoms. The number of anilines is 1. The van der Waals surface area contributed by atoms with Crippen molar-refractivity contribution >= 4 is 23.3 Å². The Kier molecular flexibility index (Phi) is 2.91. The number of hydrogen-bond donors (Lipinski definition) is 2. The van der Waals surface area contributed by atoms with Crippen LogP contribution >= 0.6 is 11.8 Å². The zero-order valence-electron chi connectivity index (χ0n) is 8.75. The summed E-state index contributed by atoms with van der Waals surface area (Å²) in [5, 5.41) is 17.8. The predicted molar refractivity (Wildman–Crippen MR) is 60.5 cm³/mol. The monoisotopic (exact) mass is 252 g/mol. The van der Waals surface area contributed by atoms with Crippen molar-refractivity contribution in [2.45, 2.75) is 17.1 Å². The molecule has 0 spiro atoms. The summed E-state index contributed by atoms with van der Waals surface area (Å²) >= 11 is 0.991. The van der Waals surface area contributed by atoms with Crippen LogP contribution in [0.3, 0.4) is 0 Å². The molecule has 0 aliphatic heterocycles. The highest BCUT2D eigenvalue weighted by Crippen LogP contribution is 2.31. The normalized spacial score (nSPS) is 10.4. The first-order valence-electron chi connectivity index (χ1n) is 4.54. The Morgan fingerprint density at radius 2 is 2.24 bits per heavy atom. The number of aromatic nitrogens is 4. The summed E-state index contributed by atoms with van der Waals surface area (Å²) in [6, 6.07) is 2.69. The second-order valence-corrected chi connectivity index (χ2v) is 4.08. The van der Waals surface area contributed by atoms with Crippen LogP contribution < -0.4 is 5.73 Å². The highest BCUT2D eigenvalue weighted by atomic mass is 32.2. The number of H-pyrrole nitrogens is 1. The van der Waals surface area contributed by atoms with Gasteiger partial charge in [-0.15, -0.1) is 5.10 Å². The second kappa shape index (κ2) is 4.37. The van der Waals surface area contributed by atoms with Gasteiger partial charge in [-0.2, -0.15) is 0 Å². The number of nitrogens with one attached hydrogen (secondary N) is 1. The standard InChI is InChI=1S/C8H8N6O2S/c1-4-10-8(13-12-4)17-7-5(14(15)16)2-3-6(9)11-7/h2-3H,1H3,(H2,9,11)(H,10,12,13). The van der Waals surface area contributed by atoms with Crippen molar-refractivity contribution in [1.82, 2.24) is 20.2 Å². The fourth-order valence-corrected chi connectivity index (χ4v) is 1.96. The van der Waals surface area contributed by atoms with Crippen molar-refractivity contribution in [2.75, 3.05) is 5.73 Å². The number of pyridine rings is 1. The largest absolute Gasteiger partial charge is 0.384 e. The summed E-state index contributed by atoms with van der Waals surface area (Å²) in [4.78, 5) is 18.2. The quantitative estimate of drug-likeness (QED) is 0.620. The molecule has 0 aromatic carbocycles. The minimum atomic E-state index is -0.520. The van der Waals surface area contributed by atoms with Crippen LogP contribution in [0.2, 0.25) is 0 Å². The first-order valence-corrected chi connectivity index (χ1v) is 5.35. The smallest absolute Gasteiger partial charge is 0.301 e. The Labute approximate surface area is 99.8 Å². The van der Waals surface area contributed by atoms with Gasteiger partial charge in [-0.25, -0.2) is 9.97 Å². The number of nitrogens with zero attached hydrogens (tertiary/aromatic N) is 4. The first-order chi connectivity index (χ1) is 8.06. The third kappa shape index (κ3) is 2.50. The van der Waals surface area contributed by atoms with E-state index in [0.29, 0.717) is 11.0 Å². The van der Waals surface area contributed by atoms with E-state index in [9.17, 15) is 10.1 Å². The van der Waals surface area contributed by atoms with Crippen LogP contribution in [0.5, 0.6) is 0 Å². The van der Waals surface area contributed by atoms with Gasteiger partial charge in [-0.3, -0.25) is 15.2 Å². The SMILES string of the molecule is Cc1nc(Sc2nc(N)ccc2[N+](=O)[O-])n[nH]1. The maximum atomic E-state index is 10.8. The summed E-state index contributed by atoms with van der Waals surface area (Å²) in [5.74, 6) is 0.837. The molecule has 0 saturated heterocycles. The van der Waals surface area contributed by atoms with Gasteiger partial charge in [0.05, 0.1) is 4.92 Å². The van der Waals surface area contributed by atoms with Gasteiger partial charge in [-0.1, -0.05) is 0 Å². The summed E-state index contributed by atoms with van der Waals surface area (Å²) in [5.41, 5.74) is 5.37. The van der Waals surface area contributed by atoms with E-state index in [1.165, 1.54) is 12.1 Å². The second-order valence-electron chi connectivity index (χ2n) is 3.12. The lowest BCUT2D eigenvalue weighted by atomic mass is 10.4. The van der Waals surface area contributed by atoms with Crippen molar-refractivity contribution in [1.29, 1.82) is 0 Å². The molecule has 0 aliphatic rings. The number of hydrogen-bond acceptors (Lipinski definition) is 7. The van der Waals surface area contributed by atoms with Gasteiger partial charge in [0.2, 0.25) is 5.16 Å². The molecule has 0 saturated carbocycles. The Morgan fingerprint density at radius 1 is 1.47 bits per heavy atom. The van der Waals surface area contributed by atoms with Gasteiger partial charge in [0.1, 0.15) is 11.6 Å². The highest BCUT2D eigenvalue weighted by Gasteiger charge is 2.18. The van der Waals surface area contributed by atoms with Gasteiger partial charge in [0.25, 0.3) is 0 Å². The van der Waals surface area contributed by atoms with Crippen LogP contribution in [-0.4, -0.2) is 25.1 Å². The predicted octanol–water partition coefficient (Wildman–Crippen LogP) is 1.15. The molecule has 2 heterocycles. The van der Waals surface area contributed by atoms with Crippen molar-refractivity contribution < 1.29 is 4.92 Å². The van der Waals surface area contributed by atoms with Crippen molar-refractivity contribution in [2.24, 2.45) is 0 Å². The van der Waals surface area contributed by atoms with Gasteiger partial charge in [0, 0.05) is 6.07 Å². The van der Waals surface area contributed by atoms with Crippen LogP contribution in [0.15, 0.2) is 22.3 Å². The Morgan fingerprint density at radius 3 is 2.82 bits per heavy atom. The van der Waals surface area contributed by atoms with Crippen LogP contribution in [-0.2, 0) is 0 Å². The Hall–Kier alpha value is -2.16. The summed E-state index contributed by atoms with van der Waals surface area (Å²) in [7, 11) is 0. The van der Waals surface area contributed by atoms with Crippen molar-refractivity contribution in [3.63, 3.8) is 0 Å². The molecule has 2 rings (SSSR count). The maximum Gasteiger partial charge on any atom is 0.301 e. The molecule has 2 aromatic heterocycles. The number of nitro groups is 1. The van der Waals surface area contributed by atoms with E-state index in [1.807, 2.05) is 0 Å². The molecular weight excluding hydrogens is 244 g/mol. The van der Waals surface area contributed by atoms with Crippen LogP contribution in [0, 0.1) is 17.0 Å². The molecule has 9 heteroatoms. The summed E-state index contributed by atoms with van der Waals surface area (Å²) < 4.78 is 0. The van der Waals surface area contributed by atoms with Gasteiger partial charge < -0.3 is 5.73 Å². The lowest BCUT2D eigenvalue weighted by Gasteiger charge is -1.99. The fraction of sp³-hybridized carbons (Fsp3) is 0.125. The molecule has 88 valence electrons. The Balaban J connectivity index is 2.37. The number of aromatic amines is 1. The van der Waals surface area contributed by atoms with Gasteiger partial charge >= 0.3 is 5.69 Å². The number of nitrogen functional groups attached to an aromatic ring is 1. The minimum Gasteiger partial charge on any atom is -0.384 e. The van der Waals surface area contributed by atoms with Gasteiger partial charge in [-0.05, 0) is 24.8 Å². The van der Waals surface area contributed by atoms with E-state index in [4.69, 9.17) is 5.73 Å². The molecule has 0 atom stereocenters. The average Bonchev–Trinajstić information content (AvgIpc) is 2.63. The number of rotatable bonds is 3. The van der Waals surface area contributed by atoms with E-state index in [-0.39, 0.29) is 16.5 Å². The number of nitrogens with two attached hydrogens (primary N) is 1. The molecule has 2 aromatic rings. The molecule has 0 amide bonds. The molecule has 0 aliphatic carbocycles. The van der Waals surface area contributed by atoms with E-state index < -0.39 is 4.92 Å². The van der Waals surface area contributed by atoms with E-state index in [2.05, 4.69) is 20.2 Å². The van der Waals surface area contributed by atoms with Crippen LogP contribution in [0.4, 0.5) is 11.5 Å². The van der Waals surface area contributed by atoms with E-state index in [0.717, 1.165) is 11.8 Å². The van der Waals surface area contributed by atoms with Crippen LogP contribution in [0.25, 0.3) is 0 Å². The molecule has 0 bridgehead atoms. The maximum absolute atomic E-state index is 10.8. The van der Waals surface area contributed by atoms with Crippen LogP contribution in [0.1, 0.15) is 5.82 Å². The zero-order chi connectivity index (χ0) is 12.4. The molecule has 0 fully saturated rings.